The van der Waals surface area contributed by atoms with Gasteiger partial charge in [-0.25, -0.2) is 0 Å². The molecule has 0 aromatic heterocycles. The number of aromatic hydroxyl groups is 1. The summed E-state index contributed by atoms with van der Waals surface area (Å²) in [4.78, 5) is 14.0. The summed E-state index contributed by atoms with van der Waals surface area (Å²) in [7, 11) is 1.54. The number of unbranched alkanes of at least 4 members (excludes halogenated alkanes) is 1. The average molecular weight is 309 g/mol. The van der Waals surface area contributed by atoms with Gasteiger partial charge in [-0.15, -0.1) is 11.8 Å². The van der Waals surface area contributed by atoms with E-state index in [0.29, 0.717) is 16.9 Å². The summed E-state index contributed by atoms with van der Waals surface area (Å²) in [5.41, 5.74) is 1.07. The lowest BCUT2D eigenvalue weighted by Gasteiger charge is -2.24. The van der Waals surface area contributed by atoms with Crippen LogP contribution in [0.15, 0.2) is 18.2 Å². The SMILES string of the molecule is CCCCC1SCC(=O)N1CCc1ccc(O)c(OC)c1. The summed E-state index contributed by atoms with van der Waals surface area (Å²) in [5, 5.41) is 9.93. The Morgan fingerprint density at radius 3 is 3.00 bits per heavy atom. The number of phenolic OH excluding ortho intramolecular Hbond substituents is 1. The largest absolute Gasteiger partial charge is 0.504 e. The molecule has 1 aliphatic heterocycles. The molecule has 1 amide bonds. The number of carbonyl (C=O) groups excluding carboxylic acids is 1. The maximum absolute atomic E-state index is 12.0. The Labute approximate surface area is 130 Å². The molecule has 1 heterocycles. The van der Waals surface area contributed by atoms with E-state index in [1.807, 2.05) is 17.0 Å². The Balaban J connectivity index is 1.95. The van der Waals surface area contributed by atoms with Crippen molar-refractivity contribution >= 4 is 17.7 Å². The zero-order valence-electron chi connectivity index (χ0n) is 12.7. The molecule has 1 atom stereocenters. The van der Waals surface area contributed by atoms with Crippen LogP contribution in [0.1, 0.15) is 31.7 Å². The van der Waals surface area contributed by atoms with Crippen LogP contribution in [-0.2, 0) is 11.2 Å². The van der Waals surface area contributed by atoms with E-state index in [-0.39, 0.29) is 11.7 Å². The predicted octanol–water partition coefficient (Wildman–Crippen LogP) is 3.04. The van der Waals surface area contributed by atoms with Crippen LogP contribution in [0.2, 0.25) is 0 Å². The minimum Gasteiger partial charge on any atom is -0.504 e. The number of thioether (sulfide) groups is 1. The number of nitrogens with zero attached hydrogens (tertiary/aromatic N) is 1. The number of ether oxygens (including phenoxy) is 1. The van der Waals surface area contributed by atoms with E-state index in [1.54, 1.807) is 24.9 Å². The summed E-state index contributed by atoms with van der Waals surface area (Å²) >= 11 is 1.76. The van der Waals surface area contributed by atoms with Gasteiger partial charge in [0.15, 0.2) is 11.5 Å². The van der Waals surface area contributed by atoms with Gasteiger partial charge in [-0.1, -0.05) is 25.8 Å². The highest BCUT2D eigenvalue weighted by molar-refractivity contribution is 8.00. The molecule has 0 radical (unpaired) electrons. The topological polar surface area (TPSA) is 49.8 Å². The van der Waals surface area contributed by atoms with Crippen LogP contribution in [0.25, 0.3) is 0 Å². The van der Waals surface area contributed by atoms with E-state index >= 15 is 0 Å². The summed E-state index contributed by atoms with van der Waals surface area (Å²) in [6, 6.07) is 5.36. The quantitative estimate of drug-likeness (QED) is 0.841. The Morgan fingerprint density at radius 1 is 1.48 bits per heavy atom. The Hall–Kier alpha value is -1.36. The fraction of sp³-hybridized carbons (Fsp3) is 0.562. The molecule has 1 fully saturated rings. The zero-order valence-corrected chi connectivity index (χ0v) is 13.5. The first-order chi connectivity index (χ1) is 10.2. The van der Waals surface area contributed by atoms with E-state index in [2.05, 4.69) is 6.92 Å². The molecular formula is C16H23NO3S. The fourth-order valence-corrected chi connectivity index (χ4v) is 3.75. The molecule has 0 bridgehead atoms. The van der Waals surface area contributed by atoms with E-state index in [4.69, 9.17) is 4.74 Å². The first kappa shape index (κ1) is 16.0. The third kappa shape index (κ3) is 4.06. The van der Waals surface area contributed by atoms with Crippen molar-refractivity contribution in [3.63, 3.8) is 0 Å². The first-order valence-corrected chi connectivity index (χ1v) is 8.47. The van der Waals surface area contributed by atoms with E-state index in [1.165, 1.54) is 0 Å². The van der Waals surface area contributed by atoms with E-state index in [0.717, 1.165) is 37.8 Å². The number of amides is 1. The molecule has 4 nitrogen and oxygen atoms in total. The second-order valence-corrected chi connectivity index (χ2v) is 6.42. The van der Waals surface area contributed by atoms with Gasteiger partial charge in [0.25, 0.3) is 0 Å². The monoisotopic (exact) mass is 309 g/mol. The van der Waals surface area contributed by atoms with Crippen LogP contribution in [0.5, 0.6) is 11.5 Å². The van der Waals surface area contributed by atoms with E-state index in [9.17, 15) is 9.90 Å². The normalized spacial score (nSPS) is 18.3. The summed E-state index contributed by atoms with van der Waals surface area (Å²) in [6.07, 6.45) is 4.18. The average Bonchev–Trinajstić information content (AvgIpc) is 2.84. The molecular weight excluding hydrogens is 286 g/mol. The lowest BCUT2D eigenvalue weighted by molar-refractivity contribution is -0.128. The van der Waals surface area contributed by atoms with Crippen molar-refractivity contribution in [2.24, 2.45) is 0 Å². The highest BCUT2D eigenvalue weighted by Gasteiger charge is 2.30. The Morgan fingerprint density at radius 2 is 2.29 bits per heavy atom. The van der Waals surface area contributed by atoms with Crippen molar-refractivity contribution in [2.75, 3.05) is 19.4 Å². The lowest BCUT2D eigenvalue weighted by atomic mass is 10.1. The molecule has 1 aliphatic rings. The van der Waals surface area contributed by atoms with Crippen LogP contribution in [0.4, 0.5) is 0 Å². The van der Waals surface area contributed by atoms with Gasteiger partial charge in [-0.2, -0.15) is 0 Å². The molecule has 1 saturated heterocycles. The van der Waals surface area contributed by atoms with Crippen LogP contribution in [0, 0.1) is 0 Å². The molecule has 0 saturated carbocycles. The zero-order chi connectivity index (χ0) is 15.2. The standard InChI is InChI=1S/C16H23NO3S/c1-3-4-5-16-17(15(19)11-21-16)9-8-12-6-7-13(18)14(10-12)20-2/h6-7,10,16,18H,3-5,8-9,11H2,1-2H3. The van der Waals surface area contributed by atoms with Crippen molar-refractivity contribution < 1.29 is 14.6 Å². The van der Waals surface area contributed by atoms with Crippen molar-refractivity contribution in [1.29, 1.82) is 0 Å². The highest BCUT2D eigenvalue weighted by atomic mass is 32.2. The Kier molecular flexibility index (Phi) is 5.79. The number of carbonyl (C=O) groups is 1. The summed E-state index contributed by atoms with van der Waals surface area (Å²) < 4.78 is 5.12. The van der Waals surface area contributed by atoms with Gasteiger partial charge in [0.05, 0.1) is 18.2 Å². The van der Waals surface area contributed by atoms with Crippen LogP contribution in [-0.4, -0.2) is 40.7 Å². The third-order valence-corrected chi connectivity index (χ3v) is 5.05. The lowest BCUT2D eigenvalue weighted by Crippen LogP contribution is -2.34. The number of rotatable bonds is 7. The molecule has 5 heteroatoms. The molecule has 0 aliphatic carbocycles. The molecule has 1 aromatic rings. The molecule has 2 rings (SSSR count). The number of benzene rings is 1. The third-order valence-electron chi connectivity index (χ3n) is 3.76. The Bertz CT molecular complexity index is 492. The first-order valence-electron chi connectivity index (χ1n) is 7.42. The second-order valence-electron chi connectivity index (χ2n) is 5.25. The van der Waals surface area contributed by atoms with Gasteiger partial charge in [0.1, 0.15) is 0 Å². The maximum atomic E-state index is 12.0. The van der Waals surface area contributed by atoms with Gasteiger partial charge in [0, 0.05) is 6.54 Å². The molecule has 21 heavy (non-hydrogen) atoms. The van der Waals surface area contributed by atoms with Gasteiger partial charge >= 0.3 is 0 Å². The van der Waals surface area contributed by atoms with Gasteiger partial charge in [0.2, 0.25) is 5.91 Å². The maximum Gasteiger partial charge on any atom is 0.233 e. The second kappa shape index (κ2) is 7.59. The number of hydrogen-bond donors (Lipinski definition) is 1. The molecule has 1 aromatic carbocycles. The van der Waals surface area contributed by atoms with Crippen molar-refractivity contribution in [2.45, 2.75) is 38.0 Å². The summed E-state index contributed by atoms with van der Waals surface area (Å²) in [6.45, 7) is 2.91. The van der Waals surface area contributed by atoms with Crippen molar-refractivity contribution in [3.05, 3.63) is 23.8 Å². The predicted molar refractivity (Wildman–Crippen MR) is 85.8 cm³/mol. The van der Waals surface area contributed by atoms with Crippen LogP contribution >= 0.6 is 11.8 Å². The minimum absolute atomic E-state index is 0.148. The van der Waals surface area contributed by atoms with Crippen LogP contribution in [0.3, 0.4) is 0 Å². The minimum atomic E-state index is 0.148. The van der Waals surface area contributed by atoms with Crippen molar-refractivity contribution in [1.82, 2.24) is 4.90 Å². The van der Waals surface area contributed by atoms with Gasteiger partial charge < -0.3 is 14.7 Å². The number of methoxy groups -OCH3 is 1. The van der Waals surface area contributed by atoms with Crippen LogP contribution < -0.4 is 4.74 Å². The smallest absolute Gasteiger partial charge is 0.233 e. The molecule has 0 spiro atoms. The number of hydrogen-bond acceptors (Lipinski definition) is 4. The molecule has 116 valence electrons. The van der Waals surface area contributed by atoms with E-state index < -0.39 is 0 Å². The van der Waals surface area contributed by atoms with Crippen molar-refractivity contribution in [3.8, 4) is 11.5 Å². The molecule has 1 unspecified atom stereocenters. The molecule has 1 N–H and O–H groups in total. The van der Waals surface area contributed by atoms with Gasteiger partial charge in [-0.05, 0) is 30.5 Å². The summed E-state index contributed by atoms with van der Waals surface area (Å²) in [5.74, 6) is 1.48. The fourth-order valence-electron chi connectivity index (χ4n) is 2.51. The highest BCUT2D eigenvalue weighted by Crippen LogP contribution is 2.30. The van der Waals surface area contributed by atoms with Gasteiger partial charge in [-0.3, -0.25) is 4.79 Å². The number of phenols is 1.